The Morgan fingerprint density at radius 1 is 1.00 bits per heavy atom. The topological polar surface area (TPSA) is 64.1 Å². The van der Waals surface area contributed by atoms with Crippen molar-refractivity contribution in [3.05, 3.63) is 78.3 Å². The smallest absolute Gasteiger partial charge is 0.336 e. The van der Waals surface area contributed by atoms with E-state index in [-0.39, 0.29) is 22.6 Å². The van der Waals surface area contributed by atoms with E-state index in [1.807, 2.05) is 0 Å². The van der Waals surface area contributed by atoms with Gasteiger partial charge in [-0.3, -0.25) is 4.98 Å². The Bertz CT molecular complexity index is 858. The van der Waals surface area contributed by atoms with Crippen LogP contribution in [0.1, 0.15) is 10.5 Å². The van der Waals surface area contributed by atoms with Crippen LogP contribution in [0.4, 0.5) is 14.5 Å². The standard InChI is InChI=1S/C17H11F2N3O2/c18-11-9-12(19)16(13-5-1-3-7-20-13)15(10-11)22-24-17(23)14-6-2-4-8-21-14/h1-10,22H. The summed E-state index contributed by atoms with van der Waals surface area (Å²) in [5, 5.41) is 0. The largest absolute Gasteiger partial charge is 0.381 e. The second-order valence-corrected chi connectivity index (χ2v) is 4.73. The fourth-order valence-electron chi connectivity index (χ4n) is 2.06. The van der Waals surface area contributed by atoms with Gasteiger partial charge in [0.2, 0.25) is 0 Å². The summed E-state index contributed by atoms with van der Waals surface area (Å²) in [4.78, 5) is 24.6. The van der Waals surface area contributed by atoms with E-state index in [9.17, 15) is 13.6 Å². The molecule has 0 spiro atoms. The van der Waals surface area contributed by atoms with Crippen LogP contribution in [0.25, 0.3) is 11.3 Å². The monoisotopic (exact) mass is 327 g/mol. The van der Waals surface area contributed by atoms with Crippen LogP contribution in [0, 0.1) is 11.6 Å². The molecule has 0 aliphatic carbocycles. The predicted molar refractivity (Wildman–Crippen MR) is 82.9 cm³/mol. The van der Waals surface area contributed by atoms with Crippen LogP contribution in [-0.2, 0) is 4.84 Å². The minimum absolute atomic E-state index is 0.00850. The van der Waals surface area contributed by atoms with Crippen LogP contribution >= 0.6 is 0 Å². The van der Waals surface area contributed by atoms with E-state index in [2.05, 4.69) is 15.4 Å². The first-order valence-corrected chi connectivity index (χ1v) is 6.94. The number of anilines is 1. The third-order valence-electron chi connectivity index (χ3n) is 3.10. The van der Waals surface area contributed by atoms with Crippen LogP contribution < -0.4 is 5.48 Å². The molecule has 7 heteroatoms. The third kappa shape index (κ3) is 3.35. The van der Waals surface area contributed by atoms with E-state index in [0.29, 0.717) is 0 Å². The highest BCUT2D eigenvalue weighted by atomic mass is 19.1. The molecule has 1 aromatic carbocycles. The van der Waals surface area contributed by atoms with Gasteiger partial charge in [0, 0.05) is 24.5 Å². The number of pyridine rings is 2. The van der Waals surface area contributed by atoms with E-state index >= 15 is 0 Å². The molecule has 3 aromatic rings. The van der Waals surface area contributed by atoms with Crippen LogP contribution in [0.15, 0.2) is 60.9 Å². The summed E-state index contributed by atoms with van der Waals surface area (Å²) in [7, 11) is 0. The number of aromatic nitrogens is 2. The van der Waals surface area contributed by atoms with Crippen LogP contribution in [0.3, 0.4) is 0 Å². The lowest BCUT2D eigenvalue weighted by atomic mass is 10.1. The molecule has 24 heavy (non-hydrogen) atoms. The van der Waals surface area contributed by atoms with Gasteiger partial charge < -0.3 is 4.84 Å². The first kappa shape index (κ1) is 15.5. The minimum Gasteiger partial charge on any atom is -0.336 e. The molecule has 0 atom stereocenters. The molecule has 120 valence electrons. The van der Waals surface area contributed by atoms with E-state index in [1.165, 1.54) is 18.5 Å². The van der Waals surface area contributed by atoms with E-state index in [1.54, 1.807) is 30.3 Å². The Balaban J connectivity index is 1.89. The molecule has 2 heterocycles. The summed E-state index contributed by atoms with van der Waals surface area (Å²) in [5.41, 5.74) is 2.54. The number of nitrogens with zero attached hydrogens (tertiary/aromatic N) is 2. The summed E-state index contributed by atoms with van der Waals surface area (Å²) >= 11 is 0. The van der Waals surface area contributed by atoms with Crippen molar-refractivity contribution < 1.29 is 18.4 Å². The molecule has 2 aromatic heterocycles. The quantitative estimate of drug-likeness (QED) is 0.742. The maximum absolute atomic E-state index is 14.2. The number of benzene rings is 1. The number of rotatable bonds is 4. The second kappa shape index (κ2) is 6.82. The highest BCUT2D eigenvalue weighted by molar-refractivity contribution is 5.88. The van der Waals surface area contributed by atoms with Crippen molar-refractivity contribution in [2.24, 2.45) is 0 Å². The van der Waals surface area contributed by atoms with Crippen molar-refractivity contribution in [3.63, 3.8) is 0 Å². The number of carbonyl (C=O) groups excluding carboxylic acids is 1. The van der Waals surface area contributed by atoms with Crippen molar-refractivity contribution >= 4 is 11.7 Å². The van der Waals surface area contributed by atoms with Gasteiger partial charge in [-0.25, -0.2) is 24.0 Å². The Morgan fingerprint density at radius 2 is 1.75 bits per heavy atom. The minimum atomic E-state index is -0.829. The maximum Gasteiger partial charge on any atom is 0.381 e. The number of hydrogen-bond donors (Lipinski definition) is 1. The van der Waals surface area contributed by atoms with Crippen molar-refractivity contribution in [2.45, 2.75) is 0 Å². The Morgan fingerprint density at radius 3 is 2.42 bits per heavy atom. The number of hydrogen-bond acceptors (Lipinski definition) is 5. The molecule has 0 unspecified atom stereocenters. The summed E-state index contributed by atoms with van der Waals surface area (Å²) in [5.74, 6) is -2.43. The number of carbonyl (C=O) groups is 1. The molecule has 1 N–H and O–H groups in total. The average Bonchev–Trinajstić information content (AvgIpc) is 2.60. The normalized spacial score (nSPS) is 10.2. The molecule has 3 rings (SSSR count). The highest BCUT2D eigenvalue weighted by Crippen LogP contribution is 2.30. The van der Waals surface area contributed by atoms with E-state index in [0.717, 1.165) is 12.1 Å². The van der Waals surface area contributed by atoms with Crippen molar-refractivity contribution in [1.82, 2.24) is 9.97 Å². The van der Waals surface area contributed by atoms with E-state index in [4.69, 9.17) is 4.84 Å². The van der Waals surface area contributed by atoms with Gasteiger partial charge in [-0.2, -0.15) is 0 Å². The molecule has 0 saturated carbocycles. The van der Waals surface area contributed by atoms with Gasteiger partial charge in [0.25, 0.3) is 0 Å². The molecule has 0 aliphatic heterocycles. The van der Waals surface area contributed by atoms with Gasteiger partial charge in [0.1, 0.15) is 11.6 Å². The van der Waals surface area contributed by atoms with E-state index < -0.39 is 17.6 Å². The van der Waals surface area contributed by atoms with Crippen molar-refractivity contribution in [1.29, 1.82) is 0 Å². The maximum atomic E-state index is 14.2. The van der Waals surface area contributed by atoms with Crippen molar-refractivity contribution in [3.8, 4) is 11.3 Å². The zero-order valence-electron chi connectivity index (χ0n) is 12.2. The Labute approximate surface area is 135 Å². The highest BCUT2D eigenvalue weighted by Gasteiger charge is 2.16. The lowest BCUT2D eigenvalue weighted by Crippen LogP contribution is -2.13. The molecule has 0 amide bonds. The third-order valence-corrected chi connectivity index (χ3v) is 3.10. The van der Waals surface area contributed by atoms with Gasteiger partial charge in [-0.05, 0) is 24.3 Å². The number of halogens is 2. The zero-order valence-corrected chi connectivity index (χ0v) is 12.2. The SMILES string of the molecule is O=C(ONc1cc(F)cc(F)c1-c1ccccn1)c1ccccn1. The fraction of sp³-hybridized carbons (Fsp3) is 0. The first-order valence-electron chi connectivity index (χ1n) is 6.94. The second-order valence-electron chi connectivity index (χ2n) is 4.73. The molecular formula is C17H11F2N3O2. The first-order chi connectivity index (χ1) is 11.6. The summed E-state index contributed by atoms with van der Waals surface area (Å²) in [6.45, 7) is 0. The van der Waals surface area contributed by atoms with Gasteiger partial charge in [-0.1, -0.05) is 12.1 Å². The lowest BCUT2D eigenvalue weighted by Gasteiger charge is -2.12. The summed E-state index contributed by atoms with van der Waals surface area (Å²) in [6, 6.07) is 11.3. The average molecular weight is 327 g/mol. The van der Waals surface area contributed by atoms with Crippen molar-refractivity contribution in [2.75, 3.05) is 5.48 Å². The Kier molecular flexibility index (Phi) is 4.42. The molecule has 0 aliphatic rings. The van der Waals surface area contributed by atoms with Gasteiger partial charge >= 0.3 is 5.97 Å². The fourth-order valence-corrected chi connectivity index (χ4v) is 2.06. The molecule has 5 nitrogen and oxygen atoms in total. The van der Waals surface area contributed by atoms with Gasteiger partial charge in [-0.15, -0.1) is 0 Å². The summed E-state index contributed by atoms with van der Waals surface area (Å²) < 4.78 is 27.7. The molecule has 0 bridgehead atoms. The van der Waals surface area contributed by atoms with Gasteiger partial charge in [0.05, 0.1) is 16.9 Å². The molecule has 0 saturated heterocycles. The number of nitrogens with one attached hydrogen (secondary N) is 1. The molecular weight excluding hydrogens is 316 g/mol. The zero-order chi connectivity index (χ0) is 16.9. The molecule has 0 radical (unpaired) electrons. The summed E-state index contributed by atoms with van der Waals surface area (Å²) in [6.07, 6.45) is 2.90. The van der Waals surface area contributed by atoms with Crippen LogP contribution in [0.2, 0.25) is 0 Å². The lowest BCUT2D eigenvalue weighted by molar-refractivity contribution is 0.0589. The van der Waals surface area contributed by atoms with Crippen LogP contribution in [0.5, 0.6) is 0 Å². The molecule has 0 fully saturated rings. The van der Waals surface area contributed by atoms with Crippen LogP contribution in [-0.4, -0.2) is 15.9 Å². The van der Waals surface area contributed by atoms with Gasteiger partial charge in [0.15, 0.2) is 5.69 Å². The Hall–Kier alpha value is -3.35. The predicted octanol–water partition coefficient (Wildman–Crippen LogP) is 3.61.